The van der Waals surface area contributed by atoms with Gasteiger partial charge in [0, 0.05) is 30.1 Å². The maximum atomic E-state index is 5.66. The van der Waals surface area contributed by atoms with E-state index in [1.807, 2.05) is 12.1 Å². The molecule has 4 heteroatoms. The number of likely N-dealkylation sites (tertiary alicyclic amines) is 1. The maximum Gasteiger partial charge on any atom is 0.145 e. The van der Waals surface area contributed by atoms with E-state index < -0.39 is 0 Å². The number of nitrogens with two attached hydrogens (primary N) is 1. The number of benzene rings is 1. The summed E-state index contributed by atoms with van der Waals surface area (Å²) in [6.45, 7) is 2.19. The van der Waals surface area contributed by atoms with Crippen LogP contribution >= 0.6 is 0 Å². The molecular weight excluding hydrogens is 248 g/mol. The number of nitrogens with one attached hydrogen (secondary N) is 1. The molecular formula is C16H20N4. The fourth-order valence-corrected chi connectivity index (χ4v) is 3.84. The number of hydrogen-bond donors (Lipinski definition) is 2. The molecule has 4 nitrogen and oxygen atoms in total. The molecule has 2 heterocycles. The van der Waals surface area contributed by atoms with Gasteiger partial charge in [0.15, 0.2) is 0 Å². The van der Waals surface area contributed by atoms with Gasteiger partial charge in [0.2, 0.25) is 0 Å². The molecule has 0 radical (unpaired) electrons. The van der Waals surface area contributed by atoms with E-state index in [4.69, 9.17) is 5.84 Å². The number of anilines is 1. The van der Waals surface area contributed by atoms with Crippen LogP contribution in [0, 0.1) is 5.92 Å². The minimum atomic E-state index is 0.775. The van der Waals surface area contributed by atoms with Gasteiger partial charge in [-0.05, 0) is 37.3 Å². The van der Waals surface area contributed by atoms with Gasteiger partial charge in [-0.15, -0.1) is 0 Å². The van der Waals surface area contributed by atoms with Crippen molar-refractivity contribution in [1.29, 1.82) is 0 Å². The minimum Gasteiger partial charge on any atom is -0.308 e. The van der Waals surface area contributed by atoms with Crippen molar-refractivity contribution >= 4 is 16.7 Å². The molecule has 3 N–H and O–H groups in total. The maximum absolute atomic E-state index is 5.66. The van der Waals surface area contributed by atoms with Gasteiger partial charge in [-0.25, -0.2) is 10.8 Å². The van der Waals surface area contributed by atoms with Crippen LogP contribution in [0.15, 0.2) is 30.3 Å². The summed E-state index contributed by atoms with van der Waals surface area (Å²) in [6.07, 6.45) is 4.16. The van der Waals surface area contributed by atoms with Crippen molar-refractivity contribution in [2.45, 2.75) is 31.8 Å². The lowest BCUT2D eigenvalue weighted by Crippen LogP contribution is -2.32. The third-order valence-corrected chi connectivity index (χ3v) is 4.84. The van der Waals surface area contributed by atoms with Crippen LogP contribution in [0.4, 0.5) is 5.82 Å². The molecule has 2 atom stereocenters. The standard InChI is InChI=1S/C16H20N4/c17-19-16-13(8-12-3-1-2-4-15(12)18-16)10-20-9-11-5-6-14(20)7-11/h1-4,8,11,14H,5-7,9-10,17H2,(H,18,19). The number of piperidine rings is 1. The Morgan fingerprint density at radius 1 is 1.30 bits per heavy atom. The summed E-state index contributed by atoms with van der Waals surface area (Å²) in [5, 5.41) is 1.19. The van der Waals surface area contributed by atoms with Crippen LogP contribution in [0.3, 0.4) is 0 Å². The van der Waals surface area contributed by atoms with Gasteiger partial charge < -0.3 is 5.43 Å². The third-order valence-electron chi connectivity index (χ3n) is 4.84. The Bertz CT molecular complexity index is 639. The molecule has 2 unspecified atom stereocenters. The van der Waals surface area contributed by atoms with Gasteiger partial charge in [0.1, 0.15) is 5.82 Å². The highest BCUT2D eigenvalue weighted by Crippen LogP contribution is 2.38. The molecule has 0 spiro atoms. The van der Waals surface area contributed by atoms with Gasteiger partial charge >= 0.3 is 0 Å². The Labute approximate surface area is 118 Å². The molecule has 1 saturated carbocycles. The predicted octanol–water partition coefficient (Wildman–Crippen LogP) is 2.50. The van der Waals surface area contributed by atoms with Gasteiger partial charge in [-0.3, -0.25) is 4.90 Å². The first kappa shape index (κ1) is 12.1. The average Bonchev–Trinajstić information content (AvgIpc) is 3.09. The molecule has 2 aliphatic rings. The Hall–Kier alpha value is -1.65. The lowest BCUT2D eigenvalue weighted by Gasteiger charge is -2.27. The molecule has 2 aromatic rings. The van der Waals surface area contributed by atoms with Crippen molar-refractivity contribution in [2.24, 2.45) is 11.8 Å². The van der Waals surface area contributed by atoms with Crippen LogP contribution in [0.5, 0.6) is 0 Å². The van der Waals surface area contributed by atoms with Gasteiger partial charge in [0.25, 0.3) is 0 Å². The quantitative estimate of drug-likeness (QED) is 0.663. The first-order valence-corrected chi connectivity index (χ1v) is 7.43. The van der Waals surface area contributed by atoms with Gasteiger partial charge in [0.05, 0.1) is 5.52 Å². The Balaban J connectivity index is 1.67. The second-order valence-corrected chi connectivity index (χ2v) is 6.10. The van der Waals surface area contributed by atoms with Crippen molar-refractivity contribution in [3.05, 3.63) is 35.9 Å². The van der Waals surface area contributed by atoms with E-state index in [2.05, 4.69) is 33.5 Å². The molecule has 2 fully saturated rings. The van der Waals surface area contributed by atoms with E-state index >= 15 is 0 Å². The van der Waals surface area contributed by atoms with Crippen molar-refractivity contribution in [3.63, 3.8) is 0 Å². The normalized spacial score (nSPS) is 25.4. The fraction of sp³-hybridized carbons (Fsp3) is 0.438. The topological polar surface area (TPSA) is 54.2 Å². The third kappa shape index (κ3) is 1.96. The number of fused-ring (bicyclic) bond motifs is 3. The van der Waals surface area contributed by atoms with E-state index in [9.17, 15) is 0 Å². The first-order chi connectivity index (χ1) is 9.83. The zero-order chi connectivity index (χ0) is 13.5. The van der Waals surface area contributed by atoms with Crippen molar-refractivity contribution in [1.82, 2.24) is 9.88 Å². The molecule has 1 aliphatic carbocycles. The second-order valence-electron chi connectivity index (χ2n) is 6.10. The molecule has 4 rings (SSSR count). The monoisotopic (exact) mass is 268 g/mol. The number of nitrogens with zero attached hydrogens (tertiary/aromatic N) is 2. The van der Waals surface area contributed by atoms with Crippen LogP contribution < -0.4 is 11.3 Å². The lowest BCUT2D eigenvalue weighted by atomic mass is 10.1. The number of nitrogen functional groups attached to an aromatic ring is 1. The SMILES string of the molecule is NNc1nc2ccccc2cc1CN1CC2CCC1C2. The van der Waals surface area contributed by atoms with Crippen LogP contribution in [0.1, 0.15) is 24.8 Å². The van der Waals surface area contributed by atoms with Crippen molar-refractivity contribution < 1.29 is 0 Å². The zero-order valence-corrected chi connectivity index (χ0v) is 11.5. The molecule has 1 saturated heterocycles. The number of para-hydroxylation sites is 1. The van der Waals surface area contributed by atoms with Crippen LogP contribution in [0.25, 0.3) is 10.9 Å². The summed E-state index contributed by atoms with van der Waals surface area (Å²) in [6, 6.07) is 11.2. The van der Waals surface area contributed by atoms with E-state index in [1.165, 1.54) is 36.8 Å². The average molecular weight is 268 g/mol. The summed E-state index contributed by atoms with van der Waals surface area (Å²) in [5.41, 5.74) is 4.97. The number of aromatic nitrogens is 1. The summed E-state index contributed by atoms with van der Waals surface area (Å²) in [5.74, 6) is 7.39. The van der Waals surface area contributed by atoms with Crippen LogP contribution in [-0.4, -0.2) is 22.5 Å². The Morgan fingerprint density at radius 2 is 2.20 bits per heavy atom. The van der Waals surface area contributed by atoms with Crippen molar-refractivity contribution in [3.8, 4) is 0 Å². The van der Waals surface area contributed by atoms with E-state index in [1.54, 1.807) is 0 Å². The van der Waals surface area contributed by atoms with Gasteiger partial charge in [-0.2, -0.15) is 0 Å². The lowest BCUT2D eigenvalue weighted by molar-refractivity contribution is 0.205. The molecule has 2 bridgehead atoms. The molecule has 0 amide bonds. The summed E-state index contributed by atoms with van der Waals surface area (Å²) in [7, 11) is 0. The van der Waals surface area contributed by atoms with Crippen molar-refractivity contribution in [2.75, 3.05) is 12.0 Å². The summed E-state index contributed by atoms with van der Waals surface area (Å²) >= 11 is 0. The smallest absolute Gasteiger partial charge is 0.145 e. The number of hydrazine groups is 1. The van der Waals surface area contributed by atoms with E-state index in [0.29, 0.717) is 0 Å². The van der Waals surface area contributed by atoms with Gasteiger partial charge in [-0.1, -0.05) is 18.2 Å². The Morgan fingerprint density at radius 3 is 2.95 bits per heavy atom. The molecule has 104 valence electrons. The summed E-state index contributed by atoms with van der Waals surface area (Å²) < 4.78 is 0. The number of hydrogen-bond acceptors (Lipinski definition) is 4. The Kier molecular flexibility index (Phi) is 2.86. The number of pyridine rings is 1. The molecule has 1 aliphatic heterocycles. The van der Waals surface area contributed by atoms with Crippen LogP contribution in [0.2, 0.25) is 0 Å². The predicted molar refractivity (Wildman–Crippen MR) is 81.1 cm³/mol. The minimum absolute atomic E-state index is 0.775. The first-order valence-electron chi connectivity index (χ1n) is 7.43. The largest absolute Gasteiger partial charge is 0.308 e. The highest BCUT2D eigenvalue weighted by atomic mass is 15.3. The molecule has 1 aromatic carbocycles. The van der Waals surface area contributed by atoms with Crippen LogP contribution in [-0.2, 0) is 6.54 Å². The van der Waals surface area contributed by atoms with E-state index in [-0.39, 0.29) is 0 Å². The fourth-order valence-electron chi connectivity index (χ4n) is 3.84. The highest BCUT2D eigenvalue weighted by molar-refractivity contribution is 5.81. The second kappa shape index (κ2) is 4.72. The molecule has 1 aromatic heterocycles. The number of rotatable bonds is 3. The molecule has 20 heavy (non-hydrogen) atoms. The van der Waals surface area contributed by atoms with E-state index in [0.717, 1.165) is 29.8 Å². The zero-order valence-electron chi connectivity index (χ0n) is 11.5. The summed E-state index contributed by atoms with van der Waals surface area (Å²) in [4.78, 5) is 7.23. The highest BCUT2D eigenvalue weighted by Gasteiger charge is 2.37.